The molecule has 6 nitrogen and oxygen atoms in total. The van der Waals surface area contributed by atoms with Crippen molar-refractivity contribution in [3.8, 4) is 10.9 Å². The number of amides is 1. The lowest BCUT2D eigenvalue weighted by Crippen LogP contribution is -2.41. The first-order valence-electron chi connectivity index (χ1n) is 8.53. The standard InChI is InChI=1S/C19H19N3O3S/c1-24-15-2-3-16-17(12-15)26-19(21-16)25-14-6-10-22(11-7-14)18(23)13-4-8-20-9-5-13/h2-5,8-9,12,14H,6-7,10-11H2,1H3. The van der Waals surface area contributed by atoms with Crippen LogP contribution >= 0.6 is 11.3 Å². The maximum atomic E-state index is 12.5. The topological polar surface area (TPSA) is 64.6 Å². The number of benzene rings is 1. The fraction of sp³-hybridized carbons (Fsp3) is 0.316. The van der Waals surface area contributed by atoms with Crippen LogP contribution in [0, 0.1) is 0 Å². The summed E-state index contributed by atoms with van der Waals surface area (Å²) >= 11 is 1.52. The molecule has 1 amide bonds. The molecule has 1 fully saturated rings. The number of aromatic nitrogens is 2. The molecule has 0 radical (unpaired) electrons. The molecular formula is C19H19N3O3S. The Balaban J connectivity index is 1.37. The maximum Gasteiger partial charge on any atom is 0.274 e. The average molecular weight is 369 g/mol. The van der Waals surface area contributed by atoms with Crippen molar-refractivity contribution in [2.24, 2.45) is 0 Å². The Labute approximate surface area is 155 Å². The van der Waals surface area contributed by atoms with E-state index in [0.29, 0.717) is 23.8 Å². The molecule has 3 aromatic rings. The number of rotatable bonds is 4. The van der Waals surface area contributed by atoms with Gasteiger partial charge >= 0.3 is 0 Å². The molecule has 7 heteroatoms. The number of methoxy groups -OCH3 is 1. The Bertz CT molecular complexity index is 905. The number of likely N-dealkylation sites (tertiary alicyclic amines) is 1. The molecule has 1 aliphatic heterocycles. The fourth-order valence-corrected chi connectivity index (χ4v) is 3.97. The smallest absolute Gasteiger partial charge is 0.274 e. The van der Waals surface area contributed by atoms with Crippen LogP contribution in [-0.4, -0.2) is 47.1 Å². The number of hydrogen-bond acceptors (Lipinski definition) is 6. The quantitative estimate of drug-likeness (QED) is 0.705. The van der Waals surface area contributed by atoms with Gasteiger partial charge < -0.3 is 14.4 Å². The highest BCUT2D eigenvalue weighted by Crippen LogP contribution is 2.32. The number of fused-ring (bicyclic) bond motifs is 1. The zero-order valence-electron chi connectivity index (χ0n) is 14.4. The maximum absolute atomic E-state index is 12.5. The van der Waals surface area contributed by atoms with Gasteiger partial charge in [-0.05, 0) is 30.3 Å². The Morgan fingerprint density at radius 3 is 2.69 bits per heavy atom. The molecule has 0 aliphatic carbocycles. The molecule has 26 heavy (non-hydrogen) atoms. The lowest BCUT2D eigenvalue weighted by atomic mass is 10.1. The first-order valence-corrected chi connectivity index (χ1v) is 9.35. The van der Waals surface area contributed by atoms with Crippen LogP contribution in [0.4, 0.5) is 0 Å². The fourth-order valence-electron chi connectivity index (χ4n) is 3.06. The van der Waals surface area contributed by atoms with Crippen molar-refractivity contribution in [3.63, 3.8) is 0 Å². The second kappa shape index (κ2) is 7.29. The summed E-state index contributed by atoms with van der Waals surface area (Å²) in [5, 5.41) is 0.673. The minimum Gasteiger partial charge on any atom is -0.497 e. The van der Waals surface area contributed by atoms with Gasteiger partial charge in [0.15, 0.2) is 0 Å². The lowest BCUT2D eigenvalue weighted by Gasteiger charge is -2.31. The summed E-state index contributed by atoms with van der Waals surface area (Å²) in [6.07, 6.45) is 4.97. The van der Waals surface area contributed by atoms with Crippen molar-refractivity contribution in [2.75, 3.05) is 20.2 Å². The molecule has 2 aromatic heterocycles. The molecule has 0 unspecified atom stereocenters. The van der Waals surface area contributed by atoms with E-state index in [1.165, 1.54) is 11.3 Å². The van der Waals surface area contributed by atoms with Crippen molar-refractivity contribution in [1.29, 1.82) is 0 Å². The first kappa shape index (κ1) is 16.8. The molecule has 1 aliphatic rings. The number of nitrogens with zero attached hydrogens (tertiary/aromatic N) is 3. The normalized spacial score (nSPS) is 15.2. The van der Waals surface area contributed by atoms with E-state index in [9.17, 15) is 4.79 Å². The third-order valence-electron chi connectivity index (χ3n) is 4.50. The number of hydrogen-bond donors (Lipinski definition) is 0. The molecule has 0 saturated carbocycles. The van der Waals surface area contributed by atoms with Gasteiger partial charge in [0.25, 0.3) is 11.1 Å². The second-order valence-corrected chi connectivity index (χ2v) is 7.15. The van der Waals surface area contributed by atoms with Crippen molar-refractivity contribution in [1.82, 2.24) is 14.9 Å². The van der Waals surface area contributed by atoms with Crippen LogP contribution in [0.15, 0.2) is 42.7 Å². The molecule has 4 rings (SSSR count). The SMILES string of the molecule is COc1ccc2nc(OC3CCN(C(=O)c4ccncc4)CC3)sc2c1. The highest BCUT2D eigenvalue weighted by molar-refractivity contribution is 7.20. The minimum absolute atomic E-state index is 0.0536. The van der Waals surface area contributed by atoms with Gasteiger partial charge in [-0.2, -0.15) is 0 Å². The predicted molar refractivity (Wildman–Crippen MR) is 100.0 cm³/mol. The highest BCUT2D eigenvalue weighted by atomic mass is 32.1. The third-order valence-corrected chi connectivity index (χ3v) is 5.41. The summed E-state index contributed by atoms with van der Waals surface area (Å²) in [4.78, 5) is 22.8. The number of carbonyl (C=O) groups excluding carboxylic acids is 1. The molecule has 134 valence electrons. The van der Waals surface area contributed by atoms with Gasteiger partial charge in [0.2, 0.25) is 0 Å². The molecule has 0 bridgehead atoms. The van der Waals surface area contributed by atoms with E-state index in [-0.39, 0.29) is 12.0 Å². The number of pyridine rings is 1. The van der Waals surface area contributed by atoms with Gasteiger partial charge in [-0.1, -0.05) is 11.3 Å². The van der Waals surface area contributed by atoms with E-state index >= 15 is 0 Å². The summed E-state index contributed by atoms with van der Waals surface area (Å²) in [5.41, 5.74) is 1.59. The molecular weight excluding hydrogens is 350 g/mol. The number of carbonyl (C=O) groups is 1. The summed E-state index contributed by atoms with van der Waals surface area (Å²) in [6, 6.07) is 9.30. The predicted octanol–water partition coefficient (Wildman–Crippen LogP) is 3.38. The van der Waals surface area contributed by atoms with Crippen molar-refractivity contribution in [3.05, 3.63) is 48.3 Å². The number of piperidine rings is 1. The van der Waals surface area contributed by atoms with Crippen LogP contribution in [0.2, 0.25) is 0 Å². The molecule has 1 saturated heterocycles. The van der Waals surface area contributed by atoms with Gasteiger partial charge in [-0.3, -0.25) is 9.78 Å². The van der Waals surface area contributed by atoms with E-state index in [1.807, 2.05) is 23.1 Å². The molecule has 3 heterocycles. The van der Waals surface area contributed by atoms with Gasteiger partial charge in [0.05, 0.1) is 17.3 Å². The van der Waals surface area contributed by atoms with Gasteiger partial charge in [0, 0.05) is 43.9 Å². The Morgan fingerprint density at radius 2 is 1.96 bits per heavy atom. The van der Waals surface area contributed by atoms with Gasteiger partial charge in [0.1, 0.15) is 11.9 Å². The van der Waals surface area contributed by atoms with E-state index in [0.717, 1.165) is 28.8 Å². The van der Waals surface area contributed by atoms with E-state index in [2.05, 4.69) is 9.97 Å². The number of ether oxygens (including phenoxy) is 2. The summed E-state index contributed by atoms with van der Waals surface area (Å²) in [5.74, 6) is 0.869. The van der Waals surface area contributed by atoms with E-state index < -0.39 is 0 Å². The van der Waals surface area contributed by atoms with Crippen molar-refractivity contribution < 1.29 is 14.3 Å². The van der Waals surface area contributed by atoms with Crippen molar-refractivity contribution >= 4 is 27.5 Å². The van der Waals surface area contributed by atoms with Crippen molar-refractivity contribution in [2.45, 2.75) is 18.9 Å². The Hall–Kier alpha value is -2.67. The van der Waals surface area contributed by atoms with E-state index in [4.69, 9.17) is 9.47 Å². The van der Waals surface area contributed by atoms with Crippen LogP contribution in [0.3, 0.4) is 0 Å². The summed E-state index contributed by atoms with van der Waals surface area (Å²) < 4.78 is 12.4. The van der Waals surface area contributed by atoms with Crippen LogP contribution in [-0.2, 0) is 0 Å². The summed E-state index contributed by atoms with van der Waals surface area (Å²) in [7, 11) is 1.65. The van der Waals surface area contributed by atoms with Crippen LogP contribution in [0.1, 0.15) is 23.2 Å². The zero-order valence-corrected chi connectivity index (χ0v) is 15.2. The Kier molecular flexibility index (Phi) is 4.71. The van der Waals surface area contributed by atoms with Crippen LogP contribution in [0.5, 0.6) is 10.9 Å². The Morgan fingerprint density at radius 1 is 1.19 bits per heavy atom. The van der Waals surface area contributed by atoms with Gasteiger partial charge in [-0.15, -0.1) is 0 Å². The zero-order chi connectivity index (χ0) is 17.9. The minimum atomic E-state index is 0.0536. The van der Waals surface area contributed by atoms with Gasteiger partial charge in [-0.25, -0.2) is 4.98 Å². The molecule has 1 aromatic carbocycles. The number of thiazole rings is 1. The lowest BCUT2D eigenvalue weighted by molar-refractivity contribution is 0.0595. The monoisotopic (exact) mass is 369 g/mol. The first-order chi connectivity index (χ1) is 12.7. The van der Waals surface area contributed by atoms with Crippen LogP contribution in [0.25, 0.3) is 10.2 Å². The molecule has 0 spiro atoms. The largest absolute Gasteiger partial charge is 0.497 e. The molecule has 0 N–H and O–H groups in total. The molecule has 0 atom stereocenters. The average Bonchev–Trinajstić information content (AvgIpc) is 3.10. The second-order valence-electron chi connectivity index (χ2n) is 6.16. The third kappa shape index (κ3) is 3.48. The highest BCUT2D eigenvalue weighted by Gasteiger charge is 2.25. The summed E-state index contributed by atoms with van der Waals surface area (Å²) in [6.45, 7) is 1.37. The van der Waals surface area contributed by atoms with Crippen LogP contribution < -0.4 is 9.47 Å². The van der Waals surface area contributed by atoms with E-state index in [1.54, 1.807) is 31.6 Å².